The average Bonchev–Trinajstić information content (AvgIpc) is 2.68. The molecule has 0 aromatic heterocycles. The predicted molar refractivity (Wildman–Crippen MR) is 118 cm³/mol. The molecule has 164 valence electrons. The summed E-state index contributed by atoms with van der Waals surface area (Å²) < 4.78 is 13.5. The first kappa shape index (κ1) is 28.0. The third-order valence-corrected chi connectivity index (χ3v) is 3.28. The minimum Gasteiger partial charge on any atom is -0.453 e. The molecule has 0 saturated heterocycles. The Morgan fingerprint density at radius 1 is 0.800 bits per heavy atom. The van der Waals surface area contributed by atoms with Crippen molar-refractivity contribution in [3.05, 3.63) is 65.2 Å². The molecule has 6 nitrogen and oxygen atoms in total. The second kappa shape index (κ2) is 16.8. The predicted octanol–water partition coefficient (Wildman–Crippen LogP) is 7.66. The van der Waals surface area contributed by atoms with Gasteiger partial charge in [-0.15, -0.1) is 0 Å². The lowest BCUT2D eigenvalue weighted by Crippen LogP contribution is -2.02. The topological polar surface area (TPSA) is 78.9 Å². The number of carbonyl (C=O) groups is 3. The largest absolute Gasteiger partial charge is 0.453 e. The molecule has 0 N–H and O–H groups in total. The van der Waals surface area contributed by atoms with Crippen LogP contribution >= 0.6 is 46.4 Å². The molecule has 10 heteroatoms. The van der Waals surface area contributed by atoms with E-state index in [1.165, 1.54) is 0 Å². The van der Waals surface area contributed by atoms with Crippen molar-refractivity contribution >= 4 is 62.7 Å². The van der Waals surface area contributed by atoms with Gasteiger partial charge in [-0.3, -0.25) is 0 Å². The lowest BCUT2D eigenvalue weighted by atomic mass is 10.2. The van der Waals surface area contributed by atoms with Crippen molar-refractivity contribution < 1.29 is 28.6 Å². The number of ether oxygens (including phenoxy) is 3. The zero-order valence-corrected chi connectivity index (χ0v) is 19.2. The van der Waals surface area contributed by atoms with Crippen molar-refractivity contribution in [2.75, 3.05) is 6.61 Å². The summed E-state index contributed by atoms with van der Waals surface area (Å²) in [6.07, 6.45) is 0. The molecule has 0 heterocycles. The Labute approximate surface area is 194 Å². The van der Waals surface area contributed by atoms with Crippen LogP contribution in [0, 0.1) is 5.92 Å². The standard InChI is InChI=1S/C8H7ClO2.C7H4Cl2O2.C5H9ClO2/c9-8(10)11-6-7-4-2-1-3-5-7;8-5-1-3-6(4-2-5)11-7(9)10;1-4(2)3-8-5(6)7/h1-5H,6H2;1-4H;4H,3H2,1-2H3. The van der Waals surface area contributed by atoms with Gasteiger partial charge in [-0.05, 0) is 35.7 Å². The highest BCUT2D eigenvalue weighted by Crippen LogP contribution is 2.16. The van der Waals surface area contributed by atoms with Crippen molar-refractivity contribution in [2.45, 2.75) is 20.5 Å². The highest BCUT2D eigenvalue weighted by molar-refractivity contribution is 6.61. The molecule has 2 aromatic rings. The molecule has 0 bridgehead atoms. The van der Waals surface area contributed by atoms with E-state index in [1.54, 1.807) is 24.3 Å². The number of hydrogen-bond donors (Lipinski definition) is 0. The lowest BCUT2D eigenvalue weighted by molar-refractivity contribution is 0.159. The Bertz CT molecular complexity index is 767. The average molecular weight is 498 g/mol. The zero-order valence-electron chi connectivity index (χ0n) is 16.1. The van der Waals surface area contributed by atoms with Gasteiger partial charge < -0.3 is 14.2 Å². The van der Waals surface area contributed by atoms with Crippen LogP contribution in [-0.4, -0.2) is 22.9 Å². The SMILES string of the molecule is CC(C)COC(=O)Cl.O=C(Cl)OCc1ccccc1.O=C(Cl)Oc1ccc(Cl)cc1. The summed E-state index contributed by atoms with van der Waals surface area (Å²) in [5.74, 6) is 0.743. The van der Waals surface area contributed by atoms with Gasteiger partial charge in [-0.25, -0.2) is 14.4 Å². The first-order valence-corrected chi connectivity index (χ1v) is 9.92. The van der Waals surface area contributed by atoms with Crippen LogP contribution in [0.1, 0.15) is 19.4 Å². The third-order valence-electron chi connectivity index (χ3n) is 2.74. The molecule has 0 fully saturated rings. The molecule has 0 aliphatic carbocycles. The van der Waals surface area contributed by atoms with Crippen molar-refractivity contribution in [2.24, 2.45) is 5.92 Å². The van der Waals surface area contributed by atoms with E-state index in [0.29, 0.717) is 23.3 Å². The van der Waals surface area contributed by atoms with Gasteiger partial charge in [-0.2, -0.15) is 0 Å². The van der Waals surface area contributed by atoms with E-state index in [2.05, 4.69) is 14.2 Å². The van der Waals surface area contributed by atoms with Gasteiger partial charge in [0, 0.05) is 39.8 Å². The first-order valence-electron chi connectivity index (χ1n) is 8.41. The Morgan fingerprint density at radius 2 is 1.33 bits per heavy atom. The van der Waals surface area contributed by atoms with Gasteiger partial charge >= 0.3 is 16.3 Å². The summed E-state index contributed by atoms with van der Waals surface area (Å²) in [4.78, 5) is 30.3. The normalized spacial score (nSPS) is 9.30. The van der Waals surface area contributed by atoms with E-state index >= 15 is 0 Å². The van der Waals surface area contributed by atoms with Crippen LogP contribution in [0.25, 0.3) is 0 Å². The summed E-state index contributed by atoms with van der Waals surface area (Å²) in [7, 11) is 0. The lowest BCUT2D eigenvalue weighted by Gasteiger charge is -2.00. The summed E-state index contributed by atoms with van der Waals surface area (Å²) >= 11 is 20.4. The quantitative estimate of drug-likeness (QED) is 0.394. The van der Waals surface area contributed by atoms with E-state index in [1.807, 2.05) is 44.2 Å². The number of halogens is 4. The van der Waals surface area contributed by atoms with Gasteiger partial charge in [0.15, 0.2) is 0 Å². The fourth-order valence-electron chi connectivity index (χ4n) is 1.54. The number of rotatable bonds is 5. The highest BCUT2D eigenvalue weighted by atomic mass is 35.5. The minimum atomic E-state index is -0.854. The van der Waals surface area contributed by atoms with E-state index < -0.39 is 16.3 Å². The second-order valence-corrected chi connectivity index (χ2v) is 7.11. The smallest absolute Gasteiger partial charge is 0.409 e. The highest BCUT2D eigenvalue weighted by Gasteiger charge is 1.98. The van der Waals surface area contributed by atoms with E-state index in [4.69, 9.17) is 46.4 Å². The van der Waals surface area contributed by atoms with Gasteiger partial charge in [0.25, 0.3) is 0 Å². The molecule has 0 spiro atoms. The Hall–Kier alpha value is -1.99. The van der Waals surface area contributed by atoms with Crippen LogP contribution < -0.4 is 4.74 Å². The van der Waals surface area contributed by atoms with Crippen LogP contribution in [0.3, 0.4) is 0 Å². The molecule has 0 saturated carbocycles. The molecule has 0 aliphatic heterocycles. The molecule has 30 heavy (non-hydrogen) atoms. The summed E-state index contributed by atoms with van der Waals surface area (Å²) in [5, 5.41) is 0.583. The van der Waals surface area contributed by atoms with Crippen molar-refractivity contribution in [1.82, 2.24) is 0 Å². The monoisotopic (exact) mass is 496 g/mol. The Kier molecular flexibility index (Phi) is 15.7. The van der Waals surface area contributed by atoms with Gasteiger partial charge in [0.2, 0.25) is 0 Å². The van der Waals surface area contributed by atoms with Crippen LogP contribution in [0.4, 0.5) is 14.4 Å². The first-order chi connectivity index (χ1) is 14.1. The zero-order chi connectivity index (χ0) is 22.9. The molecule has 0 aliphatic rings. The summed E-state index contributed by atoms with van der Waals surface area (Å²) in [6.45, 7) is 4.53. The fraction of sp³-hybridized carbons (Fsp3) is 0.250. The number of benzene rings is 2. The maximum atomic E-state index is 10.2. The third kappa shape index (κ3) is 18.1. The van der Waals surface area contributed by atoms with Crippen molar-refractivity contribution in [3.8, 4) is 5.75 Å². The maximum absolute atomic E-state index is 10.2. The fourth-order valence-corrected chi connectivity index (χ4v) is 1.87. The van der Waals surface area contributed by atoms with E-state index in [-0.39, 0.29) is 6.61 Å². The maximum Gasteiger partial charge on any atom is 0.409 e. The van der Waals surface area contributed by atoms with Gasteiger partial charge in [0.05, 0.1) is 6.61 Å². The molecule has 0 amide bonds. The minimum absolute atomic E-state index is 0.239. The molecular weight excluding hydrogens is 478 g/mol. The molecule has 2 aromatic carbocycles. The van der Waals surface area contributed by atoms with Crippen LogP contribution in [-0.2, 0) is 16.1 Å². The Morgan fingerprint density at radius 3 is 1.73 bits per heavy atom. The Balaban J connectivity index is 0.000000428. The second-order valence-electron chi connectivity index (χ2n) is 5.75. The van der Waals surface area contributed by atoms with Gasteiger partial charge in [-0.1, -0.05) is 55.8 Å². The van der Waals surface area contributed by atoms with E-state index in [9.17, 15) is 14.4 Å². The summed E-state index contributed by atoms with van der Waals surface area (Å²) in [6, 6.07) is 15.7. The van der Waals surface area contributed by atoms with Crippen molar-refractivity contribution in [3.63, 3.8) is 0 Å². The van der Waals surface area contributed by atoms with Crippen LogP contribution in [0.5, 0.6) is 5.75 Å². The summed E-state index contributed by atoms with van der Waals surface area (Å²) in [5.41, 5.74) is -1.42. The molecule has 0 radical (unpaired) electrons. The number of hydrogen-bond acceptors (Lipinski definition) is 6. The van der Waals surface area contributed by atoms with Gasteiger partial charge in [0.1, 0.15) is 12.4 Å². The molecule has 2 rings (SSSR count). The van der Waals surface area contributed by atoms with Crippen LogP contribution in [0.2, 0.25) is 5.02 Å². The van der Waals surface area contributed by atoms with E-state index in [0.717, 1.165) is 5.56 Å². The van der Waals surface area contributed by atoms with Crippen LogP contribution in [0.15, 0.2) is 54.6 Å². The number of carbonyl (C=O) groups excluding carboxylic acids is 3. The molecule has 0 atom stereocenters. The molecular formula is C20H20Cl4O6. The van der Waals surface area contributed by atoms with Crippen molar-refractivity contribution in [1.29, 1.82) is 0 Å². The molecule has 0 unspecified atom stereocenters.